The van der Waals surface area contributed by atoms with E-state index in [1.807, 2.05) is 43.5 Å². The summed E-state index contributed by atoms with van der Waals surface area (Å²) in [5, 5.41) is 12.7. The van der Waals surface area contributed by atoms with Gasteiger partial charge in [-0.1, -0.05) is 17.7 Å². The summed E-state index contributed by atoms with van der Waals surface area (Å²) < 4.78 is 3.85. The Hall–Kier alpha value is -3.02. The van der Waals surface area contributed by atoms with Crippen LogP contribution in [-0.2, 0) is 13.1 Å². The van der Waals surface area contributed by atoms with E-state index in [2.05, 4.69) is 39.1 Å². The lowest BCUT2D eigenvalue weighted by molar-refractivity contribution is -0.694. The topological polar surface area (TPSA) is 72.4 Å². The lowest BCUT2D eigenvalue weighted by Crippen LogP contribution is -2.31. The Labute approximate surface area is 141 Å². The highest BCUT2D eigenvalue weighted by Gasteiger charge is 2.09. The Bertz CT molecular complexity index is 848. The van der Waals surface area contributed by atoms with Crippen LogP contribution in [0.1, 0.15) is 18.1 Å². The molecule has 0 radical (unpaired) electrons. The third kappa shape index (κ3) is 3.65. The van der Waals surface area contributed by atoms with Crippen LogP contribution in [0.2, 0.25) is 0 Å². The molecule has 0 spiro atoms. The third-order valence-electron chi connectivity index (χ3n) is 3.78. The van der Waals surface area contributed by atoms with Crippen molar-refractivity contribution >= 4 is 17.2 Å². The summed E-state index contributed by atoms with van der Waals surface area (Å²) in [5.41, 5.74) is 9.84. The molecule has 0 saturated heterocycles. The molecule has 0 aliphatic carbocycles. The smallest absolute Gasteiger partial charge is 0.173 e. The van der Waals surface area contributed by atoms with Crippen molar-refractivity contribution in [2.45, 2.75) is 26.9 Å². The zero-order valence-electron chi connectivity index (χ0n) is 13.9. The highest BCUT2D eigenvalue weighted by Crippen LogP contribution is 2.24. The molecule has 0 aliphatic heterocycles. The van der Waals surface area contributed by atoms with E-state index in [4.69, 9.17) is 5.73 Å². The number of azo groups is 1. The van der Waals surface area contributed by atoms with Gasteiger partial charge in [0.05, 0.1) is 18.4 Å². The van der Waals surface area contributed by atoms with Gasteiger partial charge in [-0.15, -0.1) is 5.11 Å². The van der Waals surface area contributed by atoms with E-state index in [1.54, 1.807) is 10.9 Å². The first-order chi connectivity index (χ1) is 11.7. The molecule has 0 saturated carbocycles. The normalized spacial score (nSPS) is 11.2. The van der Waals surface area contributed by atoms with Gasteiger partial charge in [0.1, 0.15) is 18.1 Å². The molecule has 2 aromatic heterocycles. The van der Waals surface area contributed by atoms with Crippen LogP contribution in [0.3, 0.4) is 0 Å². The molecule has 0 unspecified atom stereocenters. The summed E-state index contributed by atoms with van der Waals surface area (Å²) in [6.07, 6.45) is 5.77. The van der Waals surface area contributed by atoms with Gasteiger partial charge in [-0.25, -0.2) is 9.25 Å². The van der Waals surface area contributed by atoms with Crippen molar-refractivity contribution in [1.82, 2.24) is 9.78 Å². The SMILES string of the molecule is CC[n+]1cccc(Cn2ncc(N=Nc3ccc(C)cc3)c2N)c1. The van der Waals surface area contributed by atoms with Crippen molar-refractivity contribution in [2.75, 3.05) is 5.73 Å². The second-order valence-electron chi connectivity index (χ2n) is 5.65. The lowest BCUT2D eigenvalue weighted by atomic mass is 10.2. The molecule has 122 valence electrons. The Morgan fingerprint density at radius 3 is 2.71 bits per heavy atom. The van der Waals surface area contributed by atoms with Gasteiger partial charge in [0, 0.05) is 11.6 Å². The predicted octanol–water partition coefficient (Wildman–Crippen LogP) is 3.54. The molecule has 0 fully saturated rings. The van der Waals surface area contributed by atoms with Crippen molar-refractivity contribution in [3.05, 3.63) is 66.1 Å². The van der Waals surface area contributed by atoms with E-state index in [0.717, 1.165) is 17.8 Å². The van der Waals surface area contributed by atoms with Crippen LogP contribution >= 0.6 is 0 Å². The van der Waals surface area contributed by atoms with Gasteiger partial charge in [-0.2, -0.15) is 10.2 Å². The minimum Gasteiger partial charge on any atom is -0.382 e. The molecule has 1 aromatic carbocycles. The molecule has 6 nitrogen and oxygen atoms in total. The third-order valence-corrected chi connectivity index (χ3v) is 3.78. The average molecular weight is 321 g/mol. The van der Waals surface area contributed by atoms with Crippen molar-refractivity contribution in [3.8, 4) is 0 Å². The number of hydrogen-bond donors (Lipinski definition) is 1. The molecule has 0 bridgehead atoms. The number of rotatable bonds is 5. The summed E-state index contributed by atoms with van der Waals surface area (Å²) in [6.45, 7) is 5.68. The van der Waals surface area contributed by atoms with Crippen LogP contribution in [0, 0.1) is 6.92 Å². The maximum absolute atomic E-state index is 6.15. The predicted molar refractivity (Wildman–Crippen MR) is 93.4 cm³/mol. The number of pyridine rings is 1. The molecule has 3 aromatic rings. The van der Waals surface area contributed by atoms with Gasteiger partial charge in [0.25, 0.3) is 0 Å². The standard InChI is InChI=1S/C18H21N6/c1-3-23-10-4-5-15(12-23)13-24-18(19)17(11-20-24)22-21-16-8-6-14(2)7-9-16/h4-12H,3,13,19H2,1-2H3/q+1. The molecule has 3 rings (SSSR count). The number of benzene rings is 1. The summed E-state index contributed by atoms with van der Waals surface area (Å²) >= 11 is 0. The summed E-state index contributed by atoms with van der Waals surface area (Å²) in [5.74, 6) is 0.512. The molecular weight excluding hydrogens is 300 g/mol. The molecular formula is C18H21N6+. The molecule has 0 aliphatic rings. The molecule has 24 heavy (non-hydrogen) atoms. The van der Waals surface area contributed by atoms with Gasteiger partial charge in [-0.05, 0) is 32.0 Å². The maximum Gasteiger partial charge on any atom is 0.173 e. The quantitative estimate of drug-likeness (QED) is 0.576. The first-order valence-corrected chi connectivity index (χ1v) is 7.93. The fraction of sp³-hybridized carbons (Fsp3) is 0.222. The zero-order chi connectivity index (χ0) is 16.9. The molecule has 0 atom stereocenters. The van der Waals surface area contributed by atoms with Crippen LogP contribution in [0.15, 0.2) is 65.2 Å². The Morgan fingerprint density at radius 2 is 1.96 bits per heavy atom. The van der Waals surface area contributed by atoms with E-state index >= 15 is 0 Å². The number of nitrogen functional groups attached to an aromatic ring is 1. The van der Waals surface area contributed by atoms with E-state index in [0.29, 0.717) is 18.1 Å². The van der Waals surface area contributed by atoms with Crippen LogP contribution < -0.4 is 10.3 Å². The van der Waals surface area contributed by atoms with E-state index < -0.39 is 0 Å². The minimum absolute atomic E-state index is 0.512. The highest BCUT2D eigenvalue weighted by atomic mass is 15.3. The van der Waals surface area contributed by atoms with Gasteiger partial charge in [0.2, 0.25) is 0 Å². The Balaban J connectivity index is 1.76. The largest absolute Gasteiger partial charge is 0.382 e. The van der Waals surface area contributed by atoms with Crippen molar-refractivity contribution < 1.29 is 4.57 Å². The number of hydrogen-bond acceptors (Lipinski definition) is 4. The maximum atomic E-state index is 6.15. The van der Waals surface area contributed by atoms with E-state index in [9.17, 15) is 0 Å². The summed E-state index contributed by atoms with van der Waals surface area (Å²) in [7, 11) is 0. The number of aromatic nitrogens is 3. The fourth-order valence-corrected chi connectivity index (χ4v) is 2.35. The Morgan fingerprint density at radius 1 is 1.17 bits per heavy atom. The number of aryl methyl sites for hydroxylation is 2. The summed E-state index contributed by atoms with van der Waals surface area (Å²) in [4.78, 5) is 0. The van der Waals surface area contributed by atoms with Crippen LogP contribution in [-0.4, -0.2) is 9.78 Å². The van der Waals surface area contributed by atoms with E-state index in [-0.39, 0.29) is 0 Å². The summed E-state index contributed by atoms with van der Waals surface area (Å²) in [6, 6.07) is 11.9. The monoisotopic (exact) mass is 321 g/mol. The fourth-order valence-electron chi connectivity index (χ4n) is 2.35. The van der Waals surface area contributed by atoms with Crippen molar-refractivity contribution in [3.63, 3.8) is 0 Å². The average Bonchev–Trinajstić information content (AvgIpc) is 2.95. The van der Waals surface area contributed by atoms with Gasteiger partial charge < -0.3 is 5.73 Å². The molecule has 6 heteroatoms. The minimum atomic E-state index is 0.512. The highest BCUT2D eigenvalue weighted by molar-refractivity contribution is 5.56. The molecule has 0 amide bonds. The van der Waals surface area contributed by atoms with Gasteiger partial charge >= 0.3 is 0 Å². The van der Waals surface area contributed by atoms with Crippen LogP contribution in [0.5, 0.6) is 0 Å². The second-order valence-corrected chi connectivity index (χ2v) is 5.65. The van der Waals surface area contributed by atoms with Crippen molar-refractivity contribution in [2.24, 2.45) is 10.2 Å². The zero-order valence-corrected chi connectivity index (χ0v) is 13.9. The number of nitrogens with zero attached hydrogens (tertiary/aromatic N) is 5. The Kier molecular flexibility index (Phi) is 4.65. The number of nitrogens with two attached hydrogens (primary N) is 1. The molecule has 2 N–H and O–H groups in total. The lowest BCUT2D eigenvalue weighted by Gasteiger charge is -2.03. The van der Waals surface area contributed by atoms with Crippen LogP contribution in [0.4, 0.5) is 17.2 Å². The number of anilines is 1. The molecule has 2 heterocycles. The second kappa shape index (κ2) is 7.04. The first-order valence-electron chi connectivity index (χ1n) is 7.93. The van der Waals surface area contributed by atoms with Crippen LogP contribution in [0.25, 0.3) is 0 Å². The van der Waals surface area contributed by atoms with Gasteiger partial charge in [0.15, 0.2) is 12.4 Å². The van der Waals surface area contributed by atoms with E-state index in [1.165, 1.54) is 5.56 Å². The van der Waals surface area contributed by atoms with Crippen molar-refractivity contribution in [1.29, 1.82) is 0 Å². The van der Waals surface area contributed by atoms with Gasteiger partial charge in [-0.3, -0.25) is 0 Å². The first kappa shape index (κ1) is 15.9.